The minimum absolute atomic E-state index is 0.387. The number of halogens is 1. The Morgan fingerprint density at radius 2 is 2.19 bits per heavy atom. The quantitative estimate of drug-likeness (QED) is 0.823. The summed E-state index contributed by atoms with van der Waals surface area (Å²) >= 11 is 5.90. The van der Waals surface area contributed by atoms with E-state index in [9.17, 15) is 4.79 Å². The molecule has 0 saturated heterocycles. The minimum atomic E-state index is -0.418. The summed E-state index contributed by atoms with van der Waals surface area (Å²) in [5, 5.41) is 3.63. The van der Waals surface area contributed by atoms with Crippen LogP contribution in [-0.2, 0) is 4.74 Å². The Bertz CT molecular complexity index is 377. The third-order valence-electron chi connectivity index (χ3n) is 2.09. The van der Waals surface area contributed by atoms with Gasteiger partial charge in [0.05, 0.1) is 17.7 Å². The molecule has 0 spiro atoms. The highest BCUT2D eigenvalue weighted by Crippen LogP contribution is 2.21. The van der Waals surface area contributed by atoms with Gasteiger partial charge in [0.2, 0.25) is 0 Å². The van der Waals surface area contributed by atoms with E-state index in [0.29, 0.717) is 16.5 Å². The van der Waals surface area contributed by atoms with E-state index in [-0.39, 0.29) is 0 Å². The van der Waals surface area contributed by atoms with Crippen LogP contribution in [0.5, 0.6) is 0 Å². The molecule has 1 aromatic rings. The summed E-state index contributed by atoms with van der Waals surface area (Å²) in [5.74, 6) is 0.121. The van der Waals surface area contributed by atoms with Gasteiger partial charge in [0.15, 0.2) is 0 Å². The molecule has 16 heavy (non-hydrogen) atoms. The molecule has 0 aliphatic heterocycles. The number of rotatable bonds is 4. The fourth-order valence-electron chi connectivity index (χ4n) is 1.22. The van der Waals surface area contributed by atoms with Gasteiger partial charge in [-0.3, -0.25) is 0 Å². The predicted molar refractivity (Wildman–Crippen MR) is 66.1 cm³/mol. The second kappa shape index (κ2) is 5.75. The average Bonchev–Trinajstić information content (AvgIpc) is 2.27. The van der Waals surface area contributed by atoms with Crippen LogP contribution < -0.4 is 5.32 Å². The molecular weight excluding hydrogens is 226 g/mol. The standard InChI is InChI=1S/C12H16ClNO2/c1-8(2)7-14-9-4-5-11(13)10(6-9)12(15)16-3/h4-6,8,14H,7H2,1-3H3. The van der Waals surface area contributed by atoms with Crippen molar-refractivity contribution in [2.24, 2.45) is 5.92 Å². The van der Waals surface area contributed by atoms with Crippen LogP contribution >= 0.6 is 11.6 Å². The third-order valence-corrected chi connectivity index (χ3v) is 2.42. The molecule has 4 heteroatoms. The number of carbonyl (C=O) groups excluding carboxylic acids is 1. The molecule has 0 amide bonds. The number of nitrogens with one attached hydrogen (secondary N) is 1. The third kappa shape index (κ3) is 3.42. The zero-order valence-electron chi connectivity index (χ0n) is 9.71. The van der Waals surface area contributed by atoms with Crippen molar-refractivity contribution in [3.8, 4) is 0 Å². The first-order chi connectivity index (χ1) is 7.54. The molecule has 0 aliphatic rings. The monoisotopic (exact) mass is 241 g/mol. The van der Waals surface area contributed by atoms with Crippen LogP contribution in [0.2, 0.25) is 5.02 Å². The van der Waals surface area contributed by atoms with Gasteiger partial charge >= 0.3 is 5.97 Å². The first kappa shape index (κ1) is 12.8. The zero-order chi connectivity index (χ0) is 12.1. The van der Waals surface area contributed by atoms with Crippen LogP contribution in [0.1, 0.15) is 24.2 Å². The van der Waals surface area contributed by atoms with E-state index in [0.717, 1.165) is 12.2 Å². The maximum Gasteiger partial charge on any atom is 0.339 e. The van der Waals surface area contributed by atoms with Gasteiger partial charge in [-0.15, -0.1) is 0 Å². The van der Waals surface area contributed by atoms with Crippen molar-refractivity contribution >= 4 is 23.3 Å². The highest BCUT2D eigenvalue weighted by atomic mass is 35.5. The van der Waals surface area contributed by atoms with Gasteiger partial charge in [-0.25, -0.2) is 4.79 Å². The van der Waals surface area contributed by atoms with E-state index in [1.54, 1.807) is 12.1 Å². The maximum atomic E-state index is 11.4. The number of anilines is 1. The highest BCUT2D eigenvalue weighted by molar-refractivity contribution is 6.33. The van der Waals surface area contributed by atoms with E-state index in [1.807, 2.05) is 6.07 Å². The lowest BCUT2D eigenvalue weighted by Crippen LogP contribution is -2.09. The second-order valence-corrected chi connectivity index (χ2v) is 4.37. The number of ether oxygens (including phenoxy) is 1. The molecule has 1 rings (SSSR count). The molecule has 0 atom stereocenters. The molecule has 0 aromatic heterocycles. The lowest BCUT2D eigenvalue weighted by Gasteiger charge is -2.10. The van der Waals surface area contributed by atoms with Crippen LogP contribution in [0.3, 0.4) is 0 Å². The normalized spacial score (nSPS) is 10.3. The Morgan fingerprint density at radius 3 is 2.75 bits per heavy atom. The molecule has 0 saturated carbocycles. The summed E-state index contributed by atoms with van der Waals surface area (Å²) < 4.78 is 4.65. The summed E-state index contributed by atoms with van der Waals surface area (Å²) in [7, 11) is 1.34. The molecule has 0 radical (unpaired) electrons. The molecule has 0 fully saturated rings. The summed E-state index contributed by atoms with van der Waals surface area (Å²) in [5.41, 5.74) is 1.26. The van der Waals surface area contributed by atoms with Crippen LogP contribution in [0.25, 0.3) is 0 Å². The zero-order valence-corrected chi connectivity index (χ0v) is 10.5. The summed E-state index contributed by atoms with van der Waals surface area (Å²) in [6.45, 7) is 5.08. The van der Waals surface area contributed by atoms with E-state index < -0.39 is 5.97 Å². The van der Waals surface area contributed by atoms with Crippen molar-refractivity contribution in [2.75, 3.05) is 19.0 Å². The number of benzene rings is 1. The van der Waals surface area contributed by atoms with Crippen molar-refractivity contribution in [2.45, 2.75) is 13.8 Å². The maximum absolute atomic E-state index is 11.4. The van der Waals surface area contributed by atoms with Crippen molar-refractivity contribution in [3.05, 3.63) is 28.8 Å². The van der Waals surface area contributed by atoms with Crippen LogP contribution in [0.15, 0.2) is 18.2 Å². The number of methoxy groups -OCH3 is 1. The Hall–Kier alpha value is -1.22. The molecule has 88 valence electrons. The number of carbonyl (C=O) groups is 1. The van der Waals surface area contributed by atoms with Crippen molar-refractivity contribution in [1.82, 2.24) is 0 Å². The lowest BCUT2D eigenvalue weighted by atomic mass is 10.2. The fourth-order valence-corrected chi connectivity index (χ4v) is 1.42. The van der Waals surface area contributed by atoms with E-state index >= 15 is 0 Å². The largest absolute Gasteiger partial charge is 0.465 e. The van der Waals surface area contributed by atoms with Gasteiger partial charge in [-0.2, -0.15) is 0 Å². The molecule has 0 bridgehead atoms. The first-order valence-electron chi connectivity index (χ1n) is 5.16. The SMILES string of the molecule is COC(=O)c1cc(NCC(C)C)ccc1Cl. The lowest BCUT2D eigenvalue weighted by molar-refractivity contribution is 0.0601. The molecular formula is C12H16ClNO2. The summed E-state index contributed by atoms with van der Waals surface area (Å²) in [4.78, 5) is 11.4. The van der Waals surface area contributed by atoms with Gasteiger partial charge in [0, 0.05) is 12.2 Å². The number of hydrogen-bond donors (Lipinski definition) is 1. The van der Waals surface area contributed by atoms with Gasteiger partial charge in [-0.05, 0) is 24.1 Å². The van der Waals surface area contributed by atoms with Gasteiger partial charge in [0.1, 0.15) is 0 Å². The number of esters is 1. The second-order valence-electron chi connectivity index (χ2n) is 3.96. The van der Waals surface area contributed by atoms with E-state index in [4.69, 9.17) is 11.6 Å². The molecule has 0 unspecified atom stereocenters. The summed E-state index contributed by atoms with van der Waals surface area (Å²) in [6, 6.07) is 5.24. The van der Waals surface area contributed by atoms with E-state index in [1.165, 1.54) is 7.11 Å². The van der Waals surface area contributed by atoms with Crippen LogP contribution in [-0.4, -0.2) is 19.6 Å². The first-order valence-corrected chi connectivity index (χ1v) is 5.54. The van der Waals surface area contributed by atoms with Crippen LogP contribution in [0.4, 0.5) is 5.69 Å². The fraction of sp³-hybridized carbons (Fsp3) is 0.417. The molecule has 3 nitrogen and oxygen atoms in total. The smallest absolute Gasteiger partial charge is 0.339 e. The molecule has 0 heterocycles. The predicted octanol–water partition coefficient (Wildman–Crippen LogP) is 3.19. The molecule has 1 N–H and O–H groups in total. The Morgan fingerprint density at radius 1 is 1.50 bits per heavy atom. The van der Waals surface area contributed by atoms with E-state index in [2.05, 4.69) is 23.9 Å². The van der Waals surface area contributed by atoms with Gasteiger partial charge < -0.3 is 10.1 Å². The Labute approximate surface area is 101 Å². The van der Waals surface area contributed by atoms with Gasteiger partial charge in [0.25, 0.3) is 0 Å². The van der Waals surface area contributed by atoms with Crippen molar-refractivity contribution in [1.29, 1.82) is 0 Å². The number of hydrogen-bond acceptors (Lipinski definition) is 3. The molecule has 0 aliphatic carbocycles. The topological polar surface area (TPSA) is 38.3 Å². The molecule has 1 aromatic carbocycles. The highest BCUT2D eigenvalue weighted by Gasteiger charge is 2.11. The van der Waals surface area contributed by atoms with Gasteiger partial charge in [-0.1, -0.05) is 25.4 Å². The van der Waals surface area contributed by atoms with Crippen molar-refractivity contribution in [3.63, 3.8) is 0 Å². The van der Waals surface area contributed by atoms with Crippen molar-refractivity contribution < 1.29 is 9.53 Å². The minimum Gasteiger partial charge on any atom is -0.465 e. The Balaban J connectivity index is 2.85. The summed E-state index contributed by atoms with van der Waals surface area (Å²) in [6.07, 6.45) is 0. The van der Waals surface area contributed by atoms with Crippen LogP contribution in [0, 0.1) is 5.92 Å². The Kier molecular flexibility index (Phi) is 4.62. The average molecular weight is 242 g/mol.